The summed E-state index contributed by atoms with van der Waals surface area (Å²) in [6, 6.07) is 0. The highest BCUT2D eigenvalue weighted by atomic mass is 32.1. The Bertz CT molecular complexity index is 498. The molecule has 2 rings (SSSR count). The predicted octanol–water partition coefficient (Wildman–Crippen LogP) is 1.77. The van der Waals surface area contributed by atoms with Gasteiger partial charge < -0.3 is 5.73 Å². The third-order valence-electron chi connectivity index (χ3n) is 2.69. The summed E-state index contributed by atoms with van der Waals surface area (Å²) in [6.45, 7) is 7.35. The summed E-state index contributed by atoms with van der Waals surface area (Å²) in [5, 5.41) is 7.64. The van der Waals surface area contributed by atoms with Gasteiger partial charge in [-0.25, -0.2) is 4.98 Å². The number of aryl methyl sites for hydroxylation is 2. The van der Waals surface area contributed by atoms with Gasteiger partial charge in [-0.1, -0.05) is 0 Å². The monoisotopic (exact) mass is 236 g/mol. The number of nitrogens with two attached hydrogens (primary N) is 1. The molecule has 0 fully saturated rings. The lowest BCUT2D eigenvalue weighted by Gasteiger charge is -2.01. The van der Waals surface area contributed by atoms with Crippen LogP contribution >= 0.6 is 11.3 Å². The zero-order valence-electron chi connectivity index (χ0n) is 9.82. The van der Waals surface area contributed by atoms with Crippen LogP contribution in [0.4, 0.5) is 0 Å². The highest BCUT2D eigenvalue weighted by Crippen LogP contribution is 2.15. The molecule has 0 saturated carbocycles. The lowest BCUT2D eigenvalue weighted by Crippen LogP contribution is -2.05. The summed E-state index contributed by atoms with van der Waals surface area (Å²) in [6.07, 6.45) is 0. The van der Waals surface area contributed by atoms with E-state index in [0.29, 0.717) is 6.54 Å². The highest BCUT2D eigenvalue weighted by molar-refractivity contribution is 7.09. The fraction of sp³-hybridized carbons (Fsp3) is 0.455. The summed E-state index contributed by atoms with van der Waals surface area (Å²) >= 11 is 1.67. The van der Waals surface area contributed by atoms with Crippen LogP contribution in [0.3, 0.4) is 0 Å². The second kappa shape index (κ2) is 4.35. The zero-order valence-corrected chi connectivity index (χ0v) is 10.6. The Morgan fingerprint density at radius 1 is 1.38 bits per heavy atom. The Kier molecular flexibility index (Phi) is 3.07. The van der Waals surface area contributed by atoms with Crippen molar-refractivity contribution >= 4 is 11.3 Å². The van der Waals surface area contributed by atoms with Crippen molar-refractivity contribution in [3.63, 3.8) is 0 Å². The molecule has 0 spiro atoms. The molecule has 0 aliphatic heterocycles. The molecule has 16 heavy (non-hydrogen) atoms. The standard InChI is InChI=1S/C11H16N4S/c1-7-6-16-11(13-7)5-15-9(3)10(4-12)8(2)14-15/h6H,4-5,12H2,1-3H3. The first-order chi connectivity index (χ1) is 7.61. The molecule has 0 amide bonds. The van der Waals surface area contributed by atoms with Crippen LogP contribution in [0, 0.1) is 20.8 Å². The van der Waals surface area contributed by atoms with Gasteiger partial charge in [0.05, 0.1) is 12.2 Å². The van der Waals surface area contributed by atoms with Gasteiger partial charge in [0, 0.05) is 28.9 Å². The van der Waals surface area contributed by atoms with E-state index in [2.05, 4.69) is 22.4 Å². The summed E-state index contributed by atoms with van der Waals surface area (Å²) in [5.41, 5.74) is 10.1. The van der Waals surface area contributed by atoms with Gasteiger partial charge in [-0.3, -0.25) is 4.68 Å². The van der Waals surface area contributed by atoms with Gasteiger partial charge >= 0.3 is 0 Å². The molecule has 2 heterocycles. The lowest BCUT2D eigenvalue weighted by atomic mass is 10.2. The molecule has 0 atom stereocenters. The summed E-state index contributed by atoms with van der Waals surface area (Å²) in [5.74, 6) is 0. The maximum Gasteiger partial charge on any atom is 0.114 e. The molecular formula is C11H16N4S. The van der Waals surface area contributed by atoms with Crippen molar-refractivity contribution in [3.05, 3.63) is 33.0 Å². The number of hydrogen-bond donors (Lipinski definition) is 1. The van der Waals surface area contributed by atoms with Crippen molar-refractivity contribution in [2.75, 3.05) is 0 Å². The second-order valence-electron chi connectivity index (χ2n) is 3.89. The summed E-state index contributed by atoms with van der Waals surface area (Å²) in [7, 11) is 0. The predicted molar refractivity (Wildman–Crippen MR) is 65.5 cm³/mol. The Labute approximate surface area is 99.1 Å². The van der Waals surface area contributed by atoms with Crippen molar-refractivity contribution in [2.45, 2.75) is 33.9 Å². The average molecular weight is 236 g/mol. The molecule has 0 unspecified atom stereocenters. The molecule has 2 aromatic heterocycles. The Hall–Kier alpha value is -1.20. The molecule has 0 aliphatic rings. The van der Waals surface area contributed by atoms with E-state index in [1.54, 1.807) is 11.3 Å². The quantitative estimate of drug-likeness (QED) is 0.883. The van der Waals surface area contributed by atoms with Gasteiger partial charge in [0.2, 0.25) is 0 Å². The van der Waals surface area contributed by atoms with Crippen molar-refractivity contribution in [3.8, 4) is 0 Å². The van der Waals surface area contributed by atoms with E-state index < -0.39 is 0 Å². The molecule has 0 radical (unpaired) electrons. The minimum absolute atomic E-state index is 0.550. The molecule has 0 bridgehead atoms. The third-order valence-corrected chi connectivity index (χ3v) is 3.64. The molecule has 0 aliphatic carbocycles. The number of aromatic nitrogens is 3. The molecule has 0 aromatic carbocycles. The molecule has 4 nitrogen and oxygen atoms in total. The molecule has 0 saturated heterocycles. The van der Waals surface area contributed by atoms with E-state index in [0.717, 1.165) is 34.2 Å². The minimum Gasteiger partial charge on any atom is -0.326 e. The molecule has 2 aromatic rings. The molecular weight excluding hydrogens is 220 g/mol. The van der Waals surface area contributed by atoms with Crippen LogP contribution in [0.5, 0.6) is 0 Å². The fourth-order valence-corrected chi connectivity index (χ4v) is 2.54. The van der Waals surface area contributed by atoms with Crippen LogP contribution in [0.2, 0.25) is 0 Å². The van der Waals surface area contributed by atoms with E-state index >= 15 is 0 Å². The van der Waals surface area contributed by atoms with Gasteiger partial charge in [-0.2, -0.15) is 5.10 Å². The van der Waals surface area contributed by atoms with Gasteiger partial charge in [0.25, 0.3) is 0 Å². The average Bonchev–Trinajstić information content (AvgIpc) is 2.74. The van der Waals surface area contributed by atoms with Crippen molar-refractivity contribution < 1.29 is 0 Å². The zero-order chi connectivity index (χ0) is 11.7. The first kappa shape index (κ1) is 11.3. The lowest BCUT2D eigenvalue weighted by molar-refractivity contribution is 0.654. The molecule has 2 N–H and O–H groups in total. The summed E-state index contributed by atoms with van der Waals surface area (Å²) in [4.78, 5) is 4.44. The number of thiazole rings is 1. The van der Waals surface area contributed by atoms with Gasteiger partial charge in [-0.05, 0) is 20.8 Å². The normalized spacial score (nSPS) is 11.0. The van der Waals surface area contributed by atoms with Crippen LogP contribution in [-0.4, -0.2) is 14.8 Å². The van der Waals surface area contributed by atoms with E-state index in [-0.39, 0.29) is 0 Å². The Morgan fingerprint density at radius 2 is 2.12 bits per heavy atom. The first-order valence-electron chi connectivity index (χ1n) is 5.25. The van der Waals surface area contributed by atoms with Crippen LogP contribution in [0.25, 0.3) is 0 Å². The van der Waals surface area contributed by atoms with Crippen LogP contribution in [0.1, 0.15) is 27.7 Å². The van der Waals surface area contributed by atoms with E-state index in [4.69, 9.17) is 5.73 Å². The van der Waals surface area contributed by atoms with Crippen molar-refractivity contribution in [1.29, 1.82) is 0 Å². The number of rotatable bonds is 3. The number of hydrogen-bond acceptors (Lipinski definition) is 4. The first-order valence-corrected chi connectivity index (χ1v) is 6.13. The van der Waals surface area contributed by atoms with Crippen LogP contribution < -0.4 is 5.73 Å². The van der Waals surface area contributed by atoms with Crippen LogP contribution in [0.15, 0.2) is 5.38 Å². The Morgan fingerprint density at radius 3 is 2.62 bits per heavy atom. The highest BCUT2D eigenvalue weighted by Gasteiger charge is 2.11. The maximum atomic E-state index is 5.70. The number of nitrogens with zero attached hydrogens (tertiary/aromatic N) is 3. The van der Waals surface area contributed by atoms with Crippen molar-refractivity contribution in [1.82, 2.24) is 14.8 Å². The third kappa shape index (κ3) is 2.01. The summed E-state index contributed by atoms with van der Waals surface area (Å²) < 4.78 is 1.98. The Balaban J connectivity index is 2.28. The topological polar surface area (TPSA) is 56.7 Å². The molecule has 5 heteroatoms. The molecule has 86 valence electrons. The minimum atomic E-state index is 0.550. The van der Waals surface area contributed by atoms with Crippen LogP contribution in [-0.2, 0) is 13.1 Å². The van der Waals surface area contributed by atoms with E-state index in [1.807, 2.05) is 18.5 Å². The maximum absolute atomic E-state index is 5.70. The largest absolute Gasteiger partial charge is 0.326 e. The van der Waals surface area contributed by atoms with E-state index in [9.17, 15) is 0 Å². The smallest absolute Gasteiger partial charge is 0.114 e. The fourth-order valence-electron chi connectivity index (χ4n) is 1.79. The van der Waals surface area contributed by atoms with Crippen molar-refractivity contribution in [2.24, 2.45) is 5.73 Å². The SMILES string of the molecule is Cc1csc(Cn2nc(C)c(CN)c2C)n1. The van der Waals surface area contributed by atoms with E-state index in [1.165, 1.54) is 0 Å². The van der Waals surface area contributed by atoms with Gasteiger partial charge in [-0.15, -0.1) is 11.3 Å². The van der Waals surface area contributed by atoms with Gasteiger partial charge in [0.15, 0.2) is 0 Å². The van der Waals surface area contributed by atoms with Gasteiger partial charge in [0.1, 0.15) is 5.01 Å². The second-order valence-corrected chi connectivity index (χ2v) is 4.84.